The Bertz CT molecular complexity index is 407. The second-order valence-corrected chi connectivity index (χ2v) is 3.88. The fourth-order valence-electron chi connectivity index (χ4n) is 2.10. The number of hydrogen-bond donors (Lipinski definition) is 1. The van der Waals surface area contributed by atoms with E-state index in [1.807, 2.05) is 19.1 Å². The zero-order valence-corrected chi connectivity index (χ0v) is 8.92. The second-order valence-electron chi connectivity index (χ2n) is 3.88. The molecule has 1 aromatic rings. The molecule has 0 atom stereocenters. The van der Waals surface area contributed by atoms with Crippen molar-refractivity contribution in [2.45, 2.75) is 26.2 Å². The Hall–Kier alpha value is -1.57. The summed E-state index contributed by atoms with van der Waals surface area (Å²) in [4.78, 5) is 10.6. The van der Waals surface area contributed by atoms with Gasteiger partial charge in [0.1, 0.15) is 0 Å². The third-order valence-corrected chi connectivity index (χ3v) is 2.86. The van der Waals surface area contributed by atoms with Crippen molar-refractivity contribution >= 4 is 17.7 Å². The first-order valence-electron chi connectivity index (χ1n) is 5.32. The number of benzene rings is 1. The summed E-state index contributed by atoms with van der Waals surface area (Å²) in [6.45, 7) is 2.02. The molecule has 1 aromatic carbocycles. The molecule has 0 aromatic heterocycles. The third-order valence-electron chi connectivity index (χ3n) is 2.86. The summed E-state index contributed by atoms with van der Waals surface area (Å²) in [6.07, 6.45) is 6.52. The van der Waals surface area contributed by atoms with Crippen LogP contribution in [0.15, 0.2) is 24.3 Å². The number of carbonyl (C=O) groups excluding carboxylic acids is 1. The summed E-state index contributed by atoms with van der Waals surface area (Å²) in [5, 5.41) is 2.80. The summed E-state index contributed by atoms with van der Waals surface area (Å²) < 4.78 is 0. The summed E-state index contributed by atoms with van der Waals surface area (Å²) in [5.41, 5.74) is 4.62. The van der Waals surface area contributed by atoms with Crippen molar-refractivity contribution in [1.29, 1.82) is 0 Å². The SMILES string of the molecule is Cc1cccc(C2=CCCC2)c1NC=O. The predicted octanol–water partition coefficient (Wildman–Crippen LogP) is 3.13. The molecule has 1 aliphatic rings. The zero-order valence-electron chi connectivity index (χ0n) is 8.92. The molecule has 0 fully saturated rings. The van der Waals surface area contributed by atoms with Gasteiger partial charge in [0.15, 0.2) is 0 Å². The van der Waals surface area contributed by atoms with Gasteiger partial charge in [0.05, 0.1) is 5.69 Å². The smallest absolute Gasteiger partial charge is 0.211 e. The maximum atomic E-state index is 10.6. The van der Waals surface area contributed by atoms with Crippen molar-refractivity contribution in [2.24, 2.45) is 0 Å². The number of rotatable bonds is 3. The van der Waals surface area contributed by atoms with E-state index in [1.165, 1.54) is 17.6 Å². The summed E-state index contributed by atoms with van der Waals surface area (Å²) in [7, 11) is 0. The summed E-state index contributed by atoms with van der Waals surface area (Å²) in [5.74, 6) is 0. The Kier molecular flexibility index (Phi) is 2.86. The van der Waals surface area contributed by atoms with Gasteiger partial charge in [-0.2, -0.15) is 0 Å². The van der Waals surface area contributed by atoms with Gasteiger partial charge in [-0.05, 0) is 37.3 Å². The first kappa shape index (κ1) is 9.97. The summed E-state index contributed by atoms with van der Waals surface area (Å²) in [6, 6.07) is 6.14. The maximum absolute atomic E-state index is 10.6. The largest absolute Gasteiger partial charge is 0.328 e. The van der Waals surface area contributed by atoms with Crippen LogP contribution in [0, 0.1) is 6.92 Å². The van der Waals surface area contributed by atoms with Crippen molar-refractivity contribution in [3.8, 4) is 0 Å². The Morgan fingerprint density at radius 2 is 2.27 bits per heavy atom. The number of aryl methyl sites for hydroxylation is 1. The van der Waals surface area contributed by atoms with Gasteiger partial charge in [-0.15, -0.1) is 0 Å². The van der Waals surface area contributed by atoms with Crippen LogP contribution in [0.1, 0.15) is 30.4 Å². The van der Waals surface area contributed by atoms with Gasteiger partial charge in [0.2, 0.25) is 6.41 Å². The van der Waals surface area contributed by atoms with E-state index >= 15 is 0 Å². The molecule has 0 bridgehead atoms. The Morgan fingerprint density at radius 1 is 1.40 bits per heavy atom. The van der Waals surface area contributed by atoms with Crippen LogP contribution in [0.4, 0.5) is 5.69 Å². The van der Waals surface area contributed by atoms with E-state index in [1.54, 1.807) is 0 Å². The second kappa shape index (κ2) is 4.30. The van der Waals surface area contributed by atoms with Crippen molar-refractivity contribution in [3.63, 3.8) is 0 Å². The van der Waals surface area contributed by atoms with Gasteiger partial charge in [-0.1, -0.05) is 24.3 Å². The molecule has 0 aliphatic heterocycles. The number of nitrogens with one attached hydrogen (secondary N) is 1. The quantitative estimate of drug-likeness (QED) is 0.748. The lowest BCUT2D eigenvalue weighted by molar-refractivity contribution is -0.105. The predicted molar refractivity (Wildman–Crippen MR) is 62.7 cm³/mol. The van der Waals surface area contributed by atoms with Crippen LogP contribution >= 0.6 is 0 Å². The number of para-hydroxylation sites is 1. The average Bonchev–Trinajstić information content (AvgIpc) is 2.74. The van der Waals surface area contributed by atoms with Crippen LogP contribution < -0.4 is 5.32 Å². The average molecular weight is 201 g/mol. The molecule has 1 aliphatic carbocycles. The molecule has 1 amide bonds. The first-order chi connectivity index (χ1) is 7.33. The fraction of sp³-hybridized carbons (Fsp3) is 0.308. The molecule has 2 rings (SSSR count). The van der Waals surface area contributed by atoms with Gasteiger partial charge in [-0.3, -0.25) is 4.79 Å². The molecule has 0 radical (unpaired) electrons. The molecular weight excluding hydrogens is 186 g/mol. The molecule has 0 unspecified atom stereocenters. The zero-order chi connectivity index (χ0) is 10.7. The van der Waals surface area contributed by atoms with Crippen molar-refractivity contribution in [2.75, 3.05) is 5.32 Å². The van der Waals surface area contributed by atoms with E-state index in [4.69, 9.17) is 0 Å². The van der Waals surface area contributed by atoms with Crippen molar-refractivity contribution in [1.82, 2.24) is 0 Å². The van der Waals surface area contributed by atoms with Crippen LogP contribution in [-0.4, -0.2) is 6.41 Å². The number of carbonyl (C=O) groups is 1. The Morgan fingerprint density at radius 3 is 2.93 bits per heavy atom. The van der Waals surface area contributed by atoms with Gasteiger partial charge in [-0.25, -0.2) is 0 Å². The minimum absolute atomic E-state index is 0.751. The van der Waals surface area contributed by atoms with Gasteiger partial charge < -0.3 is 5.32 Å². The van der Waals surface area contributed by atoms with Crippen molar-refractivity contribution < 1.29 is 4.79 Å². The molecule has 1 N–H and O–H groups in total. The highest BCUT2D eigenvalue weighted by molar-refractivity contribution is 5.85. The summed E-state index contributed by atoms with van der Waals surface area (Å²) >= 11 is 0. The lowest BCUT2D eigenvalue weighted by atomic mass is 10.0. The first-order valence-corrected chi connectivity index (χ1v) is 5.32. The van der Waals surface area contributed by atoms with Crippen LogP contribution in [0.5, 0.6) is 0 Å². The highest BCUT2D eigenvalue weighted by Gasteiger charge is 2.12. The van der Waals surface area contributed by atoms with Gasteiger partial charge in [0.25, 0.3) is 0 Å². The van der Waals surface area contributed by atoms with Gasteiger partial charge >= 0.3 is 0 Å². The van der Waals surface area contributed by atoms with E-state index in [0.717, 1.165) is 30.5 Å². The number of amides is 1. The third kappa shape index (κ3) is 1.94. The molecule has 78 valence electrons. The normalized spacial score (nSPS) is 14.9. The molecule has 15 heavy (non-hydrogen) atoms. The number of hydrogen-bond acceptors (Lipinski definition) is 1. The van der Waals surface area contributed by atoms with Crippen molar-refractivity contribution in [3.05, 3.63) is 35.4 Å². The molecule has 2 nitrogen and oxygen atoms in total. The molecule has 0 spiro atoms. The van der Waals surface area contributed by atoms with Crippen LogP contribution in [-0.2, 0) is 4.79 Å². The minimum Gasteiger partial charge on any atom is -0.328 e. The van der Waals surface area contributed by atoms with E-state index in [9.17, 15) is 4.79 Å². The van der Waals surface area contributed by atoms with Crippen LogP contribution in [0.2, 0.25) is 0 Å². The van der Waals surface area contributed by atoms with Crippen LogP contribution in [0.25, 0.3) is 5.57 Å². The number of allylic oxidation sites excluding steroid dienone is 2. The highest BCUT2D eigenvalue weighted by Crippen LogP contribution is 2.33. The Balaban J connectivity index is 2.44. The van der Waals surface area contributed by atoms with Gasteiger partial charge in [0, 0.05) is 5.56 Å². The molecule has 2 heteroatoms. The lowest BCUT2D eigenvalue weighted by Gasteiger charge is -2.12. The maximum Gasteiger partial charge on any atom is 0.211 e. The van der Waals surface area contributed by atoms with Crippen LogP contribution in [0.3, 0.4) is 0 Å². The van der Waals surface area contributed by atoms with E-state index in [2.05, 4.69) is 17.5 Å². The Labute approximate surface area is 90.0 Å². The minimum atomic E-state index is 0.751. The van der Waals surface area contributed by atoms with E-state index < -0.39 is 0 Å². The highest BCUT2D eigenvalue weighted by atomic mass is 16.1. The monoisotopic (exact) mass is 201 g/mol. The molecule has 0 saturated heterocycles. The number of anilines is 1. The van der Waals surface area contributed by atoms with E-state index in [0.29, 0.717) is 0 Å². The lowest BCUT2D eigenvalue weighted by Crippen LogP contribution is -2.00. The molecule has 0 saturated carbocycles. The standard InChI is InChI=1S/C13H15NO/c1-10-5-4-8-12(13(10)14-9-15)11-6-2-3-7-11/h4-6,8-9H,2-3,7H2,1H3,(H,14,15). The molecular formula is C13H15NO. The fourth-order valence-corrected chi connectivity index (χ4v) is 2.10. The topological polar surface area (TPSA) is 29.1 Å². The molecule has 0 heterocycles. The van der Waals surface area contributed by atoms with E-state index in [-0.39, 0.29) is 0 Å².